The van der Waals surface area contributed by atoms with Gasteiger partial charge < -0.3 is 9.47 Å². The molecule has 130 valence electrons. The van der Waals surface area contributed by atoms with Crippen molar-refractivity contribution in [3.05, 3.63) is 53.3 Å². The Labute approximate surface area is 152 Å². The van der Waals surface area contributed by atoms with E-state index in [2.05, 4.69) is 42.8 Å². The van der Waals surface area contributed by atoms with E-state index in [1.54, 1.807) is 26.4 Å². The lowest BCUT2D eigenvalue weighted by atomic mass is 9.81. The number of halogens is 2. The third kappa shape index (κ3) is 3.98. The molecule has 0 aliphatic carbocycles. The van der Waals surface area contributed by atoms with Crippen molar-refractivity contribution in [1.29, 1.82) is 0 Å². The highest BCUT2D eigenvalue weighted by Crippen LogP contribution is 2.42. The Morgan fingerprint density at radius 3 is 2.29 bits per heavy atom. The van der Waals surface area contributed by atoms with Crippen LogP contribution in [0.5, 0.6) is 5.75 Å². The van der Waals surface area contributed by atoms with Gasteiger partial charge in [-0.1, -0.05) is 54.9 Å². The van der Waals surface area contributed by atoms with Crippen LogP contribution in [0, 0.1) is 11.2 Å². The molecule has 0 aromatic heterocycles. The summed E-state index contributed by atoms with van der Waals surface area (Å²) in [5.41, 5.74) is 3.34. The van der Waals surface area contributed by atoms with Crippen molar-refractivity contribution in [2.75, 3.05) is 14.2 Å². The van der Waals surface area contributed by atoms with Gasteiger partial charge in [-0.25, -0.2) is 4.39 Å². The SMILES string of the molecule is COc1ccc(F)c(-c2ccc(CBr)cc2[C@@H](OC)C(C)(C)C)c1. The van der Waals surface area contributed by atoms with Crippen LogP contribution in [0.25, 0.3) is 11.1 Å². The average molecular weight is 395 g/mol. The minimum atomic E-state index is -0.271. The minimum absolute atomic E-state index is 0.121. The van der Waals surface area contributed by atoms with Crippen molar-refractivity contribution < 1.29 is 13.9 Å². The first-order chi connectivity index (χ1) is 11.3. The Hall–Kier alpha value is -1.39. The molecule has 0 fully saturated rings. The lowest BCUT2D eigenvalue weighted by Gasteiger charge is -2.31. The topological polar surface area (TPSA) is 18.5 Å². The molecule has 2 rings (SSSR count). The van der Waals surface area contributed by atoms with Gasteiger partial charge in [-0.2, -0.15) is 0 Å². The molecule has 1 atom stereocenters. The van der Waals surface area contributed by atoms with Crippen molar-refractivity contribution in [1.82, 2.24) is 0 Å². The molecular formula is C20H24BrFO2. The number of hydrogen-bond acceptors (Lipinski definition) is 2. The van der Waals surface area contributed by atoms with E-state index < -0.39 is 0 Å². The second kappa shape index (κ2) is 7.66. The quantitative estimate of drug-likeness (QED) is 0.567. The van der Waals surface area contributed by atoms with E-state index in [0.29, 0.717) is 11.3 Å². The molecule has 0 saturated heterocycles. The van der Waals surface area contributed by atoms with Gasteiger partial charge in [0.25, 0.3) is 0 Å². The molecule has 0 bridgehead atoms. The van der Waals surface area contributed by atoms with E-state index in [1.807, 2.05) is 12.1 Å². The Kier molecular flexibility index (Phi) is 6.05. The third-order valence-electron chi connectivity index (χ3n) is 4.04. The molecule has 0 heterocycles. The highest BCUT2D eigenvalue weighted by Gasteiger charge is 2.29. The molecule has 0 aliphatic heterocycles. The van der Waals surface area contributed by atoms with Gasteiger partial charge in [0.05, 0.1) is 13.2 Å². The van der Waals surface area contributed by atoms with Gasteiger partial charge in [0.2, 0.25) is 0 Å². The number of alkyl halides is 1. The maximum atomic E-state index is 14.5. The fourth-order valence-electron chi connectivity index (χ4n) is 2.94. The average Bonchev–Trinajstić information content (AvgIpc) is 2.55. The van der Waals surface area contributed by atoms with Crippen LogP contribution in [-0.2, 0) is 10.1 Å². The first-order valence-electron chi connectivity index (χ1n) is 7.87. The Balaban J connectivity index is 2.70. The number of rotatable bonds is 5. The molecule has 0 spiro atoms. The highest BCUT2D eigenvalue weighted by molar-refractivity contribution is 9.08. The molecule has 2 aromatic carbocycles. The molecule has 0 radical (unpaired) electrons. The van der Waals surface area contributed by atoms with Gasteiger partial charge >= 0.3 is 0 Å². The molecule has 2 aromatic rings. The normalized spacial score (nSPS) is 13.0. The standard InChI is InChI=1S/C20H24BrFO2/c1-20(2,3)19(24-5)17-10-13(12-21)6-8-15(17)16-11-14(23-4)7-9-18(16)22/h6-11,19H,12H2,1-5H3/t19-/m1/s1. The first-order valence-corrected chi connectivity index (χ1v) is 8.99. The van der Waals surface area contributed by atoms with Gasteiger partial charge in [-0.3, -0.25) is 0 Å². The van der Waals surface area contributed by atoms with Crippen molar-refractivity contribution in [3.8, 4) is 16.9 Å². The van der Waals surface area contributed by atoms with Crippen LogP contribution in [0.2, 0.25) is 0 Å². The summed E-state index contributed by atoms with van der Waals surface area (Å²) in [6, 6.07) is 10.8. The van der Waals surface area contributed by atoms with E-state index in [4.69, 9.17) is 9.47 Å². The second-order valence-corrected chi connectivity index (χ2v) is 7.44. The van der Waals surface area contributed by atoms with Gasteiger partial charge in [0, 0.05) is 18.0 Å². The van der Waals surface area contributed by atoms with E-state index >= 15 is 0 Å². The van der Waals surface area contributed by atoms with Crippen LogP contribution in [0.3, 0.4) is 0 Å². The van der Waals surface area contributed by atoms with Crippen molar-refractivity contribution >= 4 is 15.9 Å². The van der Waals surface area contributed by atoms with Crippen molar-refractivity contribution in [2.45, 2.75) is 32.2 Å². The largest absolute Gasteiger partial charge is 0.497 e. The summed E-state index contributed by atoms with van der Waals surface area (Å²) in [6.45, 7) is 6.36. The molecule has 24 heavy (non-hydrogen) atoms. The number of benzene rings is 2. The summed E-state index contributed by atoms with van der Waals surface area (Å²) in [6.07, 6.45) is -0.155. The van der Waals surface area contributed by atoms with Gasteiger partial charge in [0.15, 0.2) is 0 Å². The Morgan fingerprint density at radius 2 is 1.75 bits per heavy atom. The molecule has 0 aliphatic rings. The van der Waals surface area contributed by atoms with E-state index in [9.17, 15) is 4.39 Å². The molecule has 0 amide bonds. The summed E-state index contributed by atoms with van der Waals surface area (Å²) in [4.78, 5) is 0. The fourth-order valence-corrected chi connectivity index (χ4v) is 3.29. The number of hydrogen-bond donors (Lipinski definition) is 0. The van der Waals surface area contributed by atoms with Crippen molar-refractivity contribution in [2.24, 2.45) is 5.41 Å². The molecule has 0 N–H and O–H groups in total. The summed E-state index contributed by atoms with van der Waals surface area (Å²) in [7, 11) is 3.28. The van der Waals surface area contributed by atoms with Crippen LogP contribution in [-0.4, -0.2) is 14.2 Å². The van der Waals surface area contributed by atoms with Crippen LogP contribution >= 0.6 is 15.9 Å². The maximum absolute atomic E-state index is 14.5. The fraction of sp³-hybridized carbons (Fsp3) is 0.400. The maximum Gasteiger partial charge on any atom is 0.131 e. The van der Waals surface area contributed by atoms with E-state index in [-0.39, 0.29) is 17.3 Å². The molecule has 0 unspecified atom stereocenters. The lowest BCUT2D eigenvalue weighted by Crippen LogP contribution is -2.21. The van der Waals surface area contributed by atoms with Gasteiger partial charge in [-0.15, -0.1) is 0 Å². The monoisotopic (exact) mass is 394 g/mol. The Bertz CT molecular complexity index is 707. The smallest absolute Gasteiger partial charge is 0.131 e. The van der Waals surface area contributed by atoms with Crippen LogP contribution < -0.4 is 4.74 Å². The van der Waals surface area contributed by atoms with Crippen molar-refractivity contribution in [3.63, 3.8) is 0 Å². The predicted molar refractivity (Wildman–Crippen MR) is 100 cm³/mol. The number of ether oxygens (including phenoxy) is 2. The predicted octanol–water partition coefficient (Wildman–Crippen LogP) is 6.13. The molecule has 2 nitrogen and oxygen atoms in total. The first kappa shape index (κ1) is 18.9. The summed E-state index contributed by atoms with van der Waals surface area (Å²) < 4.78 is 25.6. The minimum Gasteiger partial charge on any atom is -0.497 e. The van der Waals surface area contributed by atoms with Crippen LogP contribution in [0.1, 0.15) is 38.0 Å². The zero-order valence-corrected chi connectivity index (χ0v) is 16.4. The molecule has 4 heteroatoms. The zero-order valence-electron chi connectivity index (χ0n) is 14.8. The second-order valence-electron chi connectivity index (χ2n) is 6.88. The molecule has 0 saturated carbocycles. The summed E-state index contributed by atoms with van der Waals surface area (Å²) >= 11 is 3.50. The number of methoxy groups -OCH3 is 2. The van der Waals surface area contributed by atoms with E-state index in [1.165, 1.54) is 6.07 Å². The van der Waals surface area contributed by atoms with Crippen LogP contribution in [0.15, 0.2) is 36.4 Å². The van der Waals surface area contributed by atoms with Crippen LogP contribution in [0.4, 0.5) is 4.39 Å². The highest BCUT2D eigenvalue weighted by atomic mass is 79.9. The zero-order chi connectivity index (χ0) is 17.9. The summed E-state index contributed by atoms with van der Waals surface area (Å²) in [5, 5.41) is 0.738. The van der Waals surface area contributed by atoms with Gasteiger partial charge in [0.1, 0.15) is 11.6 Å². The molecular weight excluding hydrogens is 371 g/mol. The summed E-state index contributed by atoms with van der Waals surface area (Å²) in [5.74, 6) is 0.360. The van der Waals surface area contributed by atoms with E-state index in [0.717, 1.165) is 22.0 Å². The lowest BCUT2D eigenvalue weighted by molar-refractivity contribution is 0.0155. The Morgan fingerprint density at radius 1 is 1.04 bits per heavy atom. The van der Waals surface area contributed by atoms with Gasteiger partial charge in [-0.05, 0) is 40.3 Å². The third-order valence-corrected chi connectivity index (χ3v) is 4.69.